The third kappa shape index (κ3) is 3.60. The zero-order chi connectivity index (χ0) is 24.7. The first-order valence-corrected chi connectivity index (χ1v) is 11.1. The van der Waals surface area contributed by atoms with Gasteiger partial charge in [-0.15, -0.1) is 0 Å². The molecule has 0 atom stereocenters. The van der Waals surface area contributed by atoms with Crippen molar-refractivity contribution in [2.24, 2.45) is 0 Å². The van der Waals surface area contributed by atoms with E-state index in [0.717, 1.165) is 32.9 Å². The highest BCUT2D eigenvalue weighted by atomic mass is 16.5. The molecule has 2 N–H and O–H groups in total. The minimum absolute atomic E-state index is 0.0109. The number of aromatic nitrogens is 2. The molecule has 0 spiro atoms. The van der Waals surface area contributed by atoms with Crippen molar-refractivity contribution in [1.29, 1.82) is 0 Å². The molecule has 0 aliphatic heterocycles. The summed E-state index contributed by atoms with van der Waals surface area (Å²) in [6, 6.07) is 13.4. The molecular weight excluding hydrogens is 440 g/mol. The van der Waals surface area contributed by atoms with Gasteiger partial charge in [0.15, 0.2) is 11.5 Å². The summed E-state index contributed by atoms with van der Waals surface area (Å²) in [5.74, 6) is -0.840. The number of methoxy groups -OCH3 is 2. The van der Waals surface area contributed by atoms with Gasteiger partial charge in [-0.3, -0.25) is 9.59 Å². The lowest BCUT2D eigenvalue weighted by atomic mass is 9.85. The number of benzene rings is 2. The number of para-hydroxylation sites is 1. The molecule has 0 unspecified atom stereocenters. The molecule has 4 aromatic rings. The average molecular weight is 465 g/mol. The van der Waals surface area contributed by atoms with E-state index in [4.69, 9.17) is 9.47 Å². The second kappa shape index (κ2) is 8.65. The molecule has 0 saturated carbocycles. The molecule has 0 radical (unpaired) electrons. The van der Waals surface area contributed by atoms with Crippen molar-refractivity contribution in [2.75, 3.05) is 14.2 Å². The quantitative estimate of drug-likeness (QED) is 0.279. The van der Waals surface area contributed by atoms with Crippen molar-refractivity contribution in [2.45, 2.75) is 6.92 Å². The molecular formula is C29H24N2O4. The number of carbonyl (C=O) groups excluding carboxylic acids is 2. The van der Waals surface area contributed by atoms with E-state index in [2.05, 4.69) is 16.5 Å². The molecule has 2 aromatic heterocycles. The molecule has 2 heterocycles. The second-order valence-corrected chi connectivity index (χ2v) is 8.41. The van der Waals surface area contributed by atoms with Crippen LogP contribution in [0, 0.1) is 0 Å². The lowest BCUT2D eigenvalue weighted by molar-refractivity contribution is -0.117. The molecule has 0 bridgehead atoms. The molecule has 0 fully saturated rings. The van der Waals surface area contributed by atoms with Crippen LogP contribution in [0.25, 0.3) is 39.0 Å². The summed E-state index contributed by atoms with van der Waals surface area (Å²) in [6.45, 7) is 5.82. The first-order chi connectivity index (χ1) is 16.9. The Kier molecular flexibility index (Phi) is 5.49. The number of hydrogen-bond donors (Lipinski definition) is 2. The van der Waals surface area contributed by atoms with Gasteiger partial charge in [0.25, 0.3) is 0 Å². The maximum absolute atomic E-state index is 13.8. The topological polar surface area (TPSA) is 84.2 Å². The van der Waals surface area contributed by atoms with Crippen LogP contribution in [-0.2, 0) is 19.1 Å². The second-order valence-electron chi connectivity index (χ2n) is 8.41. The monoisotopic (exact) mass is 464 g/mol. The van der Waals surface area contributed by atoms with E-state index in [0.29, 0.717) is 11.1 Å². The third-order valence-electron chi connectivity index (χ3n) is 6.12. The number of Topliss-reactive ketones (excluding diaryl/α,β-unsaturated/α-hetero) is 2. The van der Waals surface area contributed by atoms with Crippen molar-refractivity contribution in [3.8, 4) is 0 Å². The molecule has 6 heteroatoms. The van der Waals surface area contributed by atoms with Crippen LogP contribution in [0.3, 0.4) is 0 Å². The molecule has 6 nitrogen and oxygen atoms in total. The average Bonchev–Trinajstić information content (AvgIpc) is 3.47. The van der Waals surface area contributed by atoms with Crippen LogP contribution in [0.5, 0.6) is 0 Å². The number of fused-ring (bicyclic) bond motifs is 2. The van der Waals surface area contributed by atoms with Gasteiger partial charge in [-0.05, 0) is 30.7 Å². The van der Waals surface area contributed by atoms with Crippen LogP contribution >= 0.6 is 0 Å². The van der Waals surface area contributed by atoms with Crippen molar-refractivity contribution < 1.29 is 19.1 Å². The highest BCUT2D eigenvalue weighted by Gasteiger charge is 2.39. The molecule has 0 amide bonds. The number of H-pyrrole nitrogens is 2. The number of ketones is 2. The Bertz CT molecular complexity index is 1620. The predicted octanol–water partition coefficient (Wildman–Crippen LogP) is 5.81. The fraction of sp³-hybridized carbons (Fsp3) is 0.103. The van der Waals surface area contributed by atoms with E-state index in [9.17, 15) is 9.59 Å². The summed E-state index contributed by atoms with van der Waals surface area (Å²) in [5, 5.41) is 1.61. The molecule has 1 aliphatic rings. The molecule has 5 rings (SSSR count). The van der Waals surface area contributed by atoms with Crippen LogP contribution < -0.4 is 0 Å². The summed E-state index contributed by atoms with van der Waals surface area (Å²) in [6.07, 6.45) is 7.31. The van der Waals surface area contributed by atoms with Gasteiger partial charge < -0.3 is 19.4 Å². The summed E-state index contributed by atoms with van der Waals surface area (Å²) >= 11 is 0. The third-order valence-corrected chi connectivity index (χ3v) is 6.12. The van der Waals surface area contributed by atoms with E-state index < -0.39 is 11.6 Å². The highest BCUT2D eigenvalue weighted by molar-refractivity contribution is 6.48. The Morgan fingerprint density at radius 3 is 2.00 bits per heavy atom. The van der Waals surface area contributed by atoms with E-state index in [1.54, 1.807) is 12.4 Å². The fourth-order valence-electron chi connectivity index (χ4n) is 4.50. The maximum atomic E-state index is 13.8. The molecule has 1 aliphatic carbocycles. The number of hydrogen-bond acceptors (Lipinski definition) is 4. The minimum atomic E-state index is -0.409. The summed E-state index contributed by atoms with van der Waals surface area (Å²) < 4.78 is 11.1. The van der Waals surface area contributed by atoms with Gasteiger partial charge in [-0.25, -0.2) is 0 Å². The van der Waals surface area contributed by atoms with E-state index >= 15 is 0 Å². The smallest absolute Gasteiger partial charge is 0.232 e. The molecule has 2 aromatic carbocycles. The first kappa shape index (κ1) is 22.2. The predicted molar refractivity (Wildman–Crippen MR) is 138 cm³/mol. The number of aromatic amines is 2. The Balaban J connectivity index is 1.70. The summed E-state index contributed by atoms with van der Waals surface area (Å²) in [4.78, 5) is 34.0. The largest absolute Gasteiger partial charge is 0.492 e. The molecule has 35 heavy (non-hydrogen) atoms. The highest BCUT2D eigenvalue weighted by Crippen LogP contribution is 2.40. The van der Waals surface area contributed by atoms with E-state index in [-0.39, 0.29) is 22.7 Å². The lowest BCUT2D eigenvalue weighted by Gasteiger charge is -2.22. The van der Waals surface area contributed by atoms with Crippen molar-refractivity contribution in [1.82, 2.24) is 9.97 Å². The van der Waals surface area contributed by atoms with Crippen LogP contribution in [0.15, 0.2) is 84.6 Å². The van der Waals surface area contributed by atoms with Gasteiger partial charge >= 0.3 is 0 Å². The fourth-order valence-corrected chi connectivity index (χ4v) is 4.50. The van der Waals surface area contributed by atoms with E-state index in [1.807, 2.05) is 61.5 Å². The van der Waals surface area contributed by atoms with Crippen LogP contribution in [0.1, 0.15) is 23.6 Å². The van der Waals surface area contributed by atoms with Crippen LogP contribution in [0.2, 0.25) is 0 Å². The van der Waals surface area contributed by atoms with Crippen LogP contribution in [-0.4, -0.2) is 35.8 Å². The Morgan fingerprint density at radius 2 is 1.40 bits per heavy atom. The number of carbonyl (C=O) groups is 2. The zero-order valence-corrected chi connectivity index (χ0v) is 19.7. The Labute approximate surface area is 202 Å². The van der Waals surface area contributed by atoms with Crippen molar-refractivity contribution in [3.05, 3.63) is 101 Å². The van der Waals surface area contributed by atoms with Gasteiger partial charge in [-0.2, -0.15) is 0 Å². The van der Waals surface area contributed by atoms with Gasteiger partial charge in [-0.1, -0.05) is 48.6 Å². The first-order valence-electron chi connectivity index (χ1n) is 11.1. The van der Waals surface area contributed by atoms with Crippen molar-refractivity contribution >= 4 is 50.6 Å². The zero-order valence-electron chi connectivity index (χ0n) is 19.7. The number of rotatable bonds is 6. The summed E-state index contributed by atoms with van der Waals surface area (Å²) in [7, 11) is 2.81. The van der Waals surface area contributed by atoms with Gasteiger partial charge in [0.2, 0.25) is 11.6 Å². The van der Waals surface area contributed by atoms with Crippen LogP contribution in [0.4, 0.5) is 0 Å². The molecule has 174 valence electrons. The van der Waals surface area contributed by atoms with Gasteiger partial charge in [0.1, 0.15) is 0 Å². The standard InChI is InChI=1S/C29H24N2O4/c1-16(2)9-10-17-11-12-23-19(13-17)21(15-31-23)25-27(33)28(34-3)24(26(32)29(25)35-4)20-14-30-22-8-6-5-7-18(20)22/h5-15,30-31H,1H2,2-4H3. The van der Waals surface area contributed by atoms with Crippen molar-refractivity contribution in [3.63, 3.8) is 0 Å². The number of nitrogens with one attached hydrogen (secondary N) is 2. The maximum Gasteiger partial charge on any atom is 0.232 e. The van der Waals surface area contributed by atoms with E-state index in [1.165, 1.54) is 14.2 Å². The Morgan fingerprint density at radius 1 is 0.829 bits per heavy atom. The van der Waals surface area contributed by atoms with Gasteiger partial charge in [0.05, 0.1) is 25.4 Å². The SMILES string of the molecule is C=C(C)C=Cc1ccc2[nH]cc(C3=C(OC)C(=O)C(c4c[nH]c5ccccc45)=C(OC)C3=O)c2c1. The summed E-state index contributed by atoms with van der Waals surface area (Å²) in [5.41, 5.74) is 5.08. The normalized spacial score (nSPS) is 14.6. The number of allylic oxidation sites excluding steroid dienone is 4. The Hall–Kier alpha value is -4.58. The lowest BCUT2D eigenvalue weighted by Crippen LogP contribution is -2.24. The number of ether oxygens (including phenoxy) is 2. The minimum Gasteiger partial charge on any atom is -0.492 e. The van der Waals surface area contributed by atoms with Gasteiger partial charge in [0, 0.05) is 45.3 Å². The molecule has 0 saturated heterocycles.